The fraction of sp³-hybridized carbons (Fsp3) is 0.833. The van der Waals surface area contributed by atoms with Crippen LogP contribution in [0.1, 0.15) is 76.2 Å². The van der Waals surface area contributed by atoms with E-state index in [9.17, 15) is 0 Å². The molecule has 1 aliphatic carbocycles. The van der Waals surface area contributed by atoms with Crippen molar-refractivity contribution in [2.75, 3.05) is 6.54 Å². The van der Waals surface area contributed by atoms with Crippen LogP contribution < -0.4 is 5.32 Å². The molecule has 2 rings (SSSR count). The predicted octanol–water partition coefficient (Wildman–Crippen LogP) is 4.45. The lowest BCUT2D eigenvalue weighted by atomic mass is 9.98. The Balaban J connectivity index is 1.67. The smallest absolute Gasteiger partial charge is 0.0534 e. The third-order valence-electron chi connectivity index (χ3n) is 4.64. The molecule has 0 aromatic carbocycles. The molecular formula is C18H33N3. The Hall–Kier alpha value is -0.830. The summed E-state index contributed by atoms with van der Waals surface area (Å²) in [7, 11) is 0. The second kappa shape index (κ2) is 9.99. The molecule has 0 saturated heterocycles. The number of rotatable bonds is 4. The van der Waals surface area contributed by atoms with Gasteiger partial charge < -0.3 is 5.32 Å². The molecule has 1 aromatic heterocycles. The minimum absolute atomic E-state index is 0.723. The Morgan fingerprint density at radius 2 is 1.57 bits per heavy atom. The number of nitrogens with one attached hydrogen (secondary N) is 1. The zero-order valence-corrected chi connectivity index (χ0v) is 13.8. The van der Waals surface area contributed by atoms with E-state index in [1.54, 1.807) is 0 Å². The molecule has 0 bridgehead atoms. The Bertz CT molecular complexity index is 360. The topological polar surface area (TPSA) is 29.9 Å². The quantitative estimate of drug-likeness (QED) is 0.888. The molecular weight excluding hydrogens is 258 g/mol. The Labute approximate surface area is 130 Å². The number of hydrogen-bond acceptors (Lipinski definition) is 2. The molecule has 0 amide bonds. The highest BCUT2D eigenvalue weighted by atomic mass is 15.3. The van der Waals surface area contributed by atoms with Gasteiger partial charge in [-0.25, -0.2) is 0 Å². The molecule has 1 fully saturated rings. The second-order valence-corrected chi connectivity index (χ2v) is 6.69. The molecule has 0 atom stereocenters. The fourth-order valence-corrected chi connectivity index (χ4v) is 3.34. The molecule has 1 N–H and O–H groups in total. The van der Waals surface area contributed by atoms with Crippen molar-refractivity contribution in [3.8, 4) is 0 Å². The molecule has 3 heteroatoms. The summed E-state index contributed by atoms with van der Waals surface area (Å²) >= 11 is 0. The molecule has 3 nitrogen and oxygen atoms in total. The maximum absolute atomic E-state index is 4.36. The van der Waals surface area contributed by atoms with Crippen LogP contribution in [0.5, 0.6) is 0 Å². The van der Waals surface area contributed by atoms with E-state index < -0.39 is 0 Å². The molecule has 0 radical (unpaired) electrons. The van der Waals surface area contributed by atoms with Crippen molar-refractivity contribution in [1.82, 2.24) is 15.1 Å². The maximum atomic E-state index is 4.36. The van der Waals surface area contributed by atoms with Crippen LogP contribution in [-0.4, -0.2) is 22.4 Å². The predicted molar refractivity (Wildman–Crippen MR) is 89.5 cm³/mol. The molecule has 1 aromatic rings. The minimum atomic E-state index is 0.723. The summed E-state index contributed by atoms with van der Waals surface area (Å²) in [6, 6.07) is 0.723. The van der Waals surface area contributed by atoms with Crippen molar-refractivity contribution in [1.29, 1.82) is 0 Å². The molecule has 120 valence electrons. The van der Waals surface area contributed by atoms with Crippen molar-refractivity contribution >= 4 is 0 Å². The van der Waals surface area contributed by atoms with E-state index in [1.807, 2.05) is 6.20 Å². The van der Waals surface area contributed by atoms with E-state index in [0.717, 1.165) is 19.1 Å². The van der Waals surface area contributed by atoms with E-state index >= 15 is 0 Å². The Morgan fingerprint density at radius 1 is 1.00 bits per heavy atom. The van der Waals surface area contributed by atoms with E-state index in [-0.39, 0.29) is 0 Å². The number of aromatic nitrogens is 2. The summed E-state index contributed by atoms with van der Waals surface area (Å²) in [6.07, 6.45) is 19.7. The van der Waals surface area contributed by atoms with Crippen molar-refractivity contribution in [2.24, 2.45) is 0 Å². The zero-order valence-electron chi connectivity index (χ0n) is 13.8. The van der Waals surface area contributed by atoms with Crippen LogP contribution in [0, 0.1) is 6.92 Å². The van der Waals surface area contributed by atoms with Crippen LogP contribution in [0.3, 0.4) is 0 Å². The fourth-order valence-electron chi connectivity index (χ4n) is 3.34. The number of aryl methyl sites for hydroxylation is 1. The van der Waals surface area contributed by atoms with Gasteiger partial charge in [-0.15, -0.1) is 0 Å². The summed E-state index contributed by atoms with van der Waals surface area (Å²) in [4.78, 5) is 0. The van der Waals surface area contributed by atoms with Gasteiger partial charge >= 0.3 is 0 Å². The van der Waals surface area contributed by atoms with Crippen molar-refractivity contribution in [2.45, 2.75) is 90.1 Å². The van der Waals surface area contributed by atoms with E-state index in [0.29, 0.717) is 0 Å². The summed E-state index contributed by atoms with van der Waals surface area (Å²) in [5.41, 5.74) is 1.25. The van der Waals surface area contributed by atoms with Crippen LogP contribution in [0.25, 0.3) is 0 Å². The Kier molecular flexibility index (Phi) is 7.87. The van der Waals surface area contributed by atoms with Gasteiger partial charge in [-0.1, -0.05) is 57.8 Å². The molecule has 0 spiro atoms. The van der Waals surface area contributed by atoms with E-state index in [1.165, 1.54) is 76.2 Å². The molecule has 1 saturated carbocycles. The van der Waals surface area contributed by atoms with Gasteiger partial charge in [0.25, 0.3) is 0 Å². The lowest BCUT2D eigenvalue weighted by Gasteiger charge is -2.19. The van der Waals surface area contributed by atoms with Gasteiger partial charge in [0.2, 0.25) is 0 Å². The summed E-state index contributed by atoms with van der Waals surface area (Å²) < 4.78 is 2.05. The standard InChI is InChI=1S/C18H33N3/c1-17-15-20-21(16-17)14-13-19-18-11-9-7-5-3-2-4-6-8-10-12-18/h15-16,18-19H,2-14H2,1H3. The second-order valence-electron chi connectivity index (χ2n) is 6.69. The molecule has 1 aliphatic rings. The highest BCUT2D eigenvalue weighted by molar-refractivity contribution is 4.99. The normalized spacial score (nSPS) is 19.9. The monoisotopic (exact) mass is 291 g/mol. The van der Waals surface area contributed by atoms with Gasteiger partial charge in [0.1, 0.15) is 0 Å². The van der Waals surface area contributed by atoms with Gasteiger partial charge in [-0.2, -0.15) is 5.10 Å². The summed E-state index contributed by atoms with van der Waals surface area (Å²) in [5.74, 6) is 0. The third kappa shape index (κ3) is 7.12. The minimum Gasteiger partial charge on any atom is -0.312 e. The first-order valence-electron chi connectivity index (χ1n) is 9.07. The average Bonchev–Trinajstić information content (AvgIpc) is 2.87. The van der Waals surface area contributed by atoms with E-state index in [4.69, 9.17) is 0 Å². The van der Waals surface area contributed by atoms with Gasteiger partial charge in [-0.3, -0.25) is 4.68 Å². The highest BCUT2D eigenvalue weighted by Crippen LogP contribution is 2.16. The molecule has 1 heterocycles. The zero-order chi connectivity index (χ0) is 14.8. The van der Waals surface area contributed by atoms with Gasteiger partial charge in [0.05, 0.1) is 12.7 Å². The number of nitrogens with zero attached hydrogens (tertiary/aromatic N) is 2. The van der Waals surface area contributed by atoms with Crippen LogP contribution in [0.2, 0.25) is 0 Å². The third-order valence-corrected chi connectivity index (χ3v) is 4.64. The van der Waals surface area contributed by atoms with Crippen molar-refractivity contribution in [3.63, 3.8) is 0 Å². The van der Waals surface area contributed by atoms with Crippen molar-refractivity contribution in [3.05, 3.63) is 18.0 Å². The first-order valence-corrected chi connectivity index (χ1v) is 9.07. The van der Waals surface area contributed by atoms with Crippen molar-refractivity contribution < 1.29 is 0 Å². The summed E-state index contributed by atoms with van der Waals surface area (Å²) in [5, 5.41) is 8.13. The maximum Gasteiger partial charge on any atom is 0.0534 e. The SMILES string of the molecule is Cc1cnn(CCNC2CCCCCCCCCCC2)c1. The summed E-state index contributed by atoms with van der Waals surface area (Å²) in [6.45, 7) is 4.14. The van der Waals surface area contributed by atoms with Gasteiger partial charge in [-0.05, 0) is 25.3 Å². The first-order chi connectivity index (χ1) is 10.3. The van der Waals surface area contributed by atoms with Crippen LogP contribution in [0.15, 0.2) is 12.4 Å². The largest absolute Gasteiger partial charge is 0.312 e. The van der Waals surface area contributed by atoms with Crippen LogP contribution in [0.4, 0.5) is 0 Å². The van der Waals surface area contributed by atoms with Gasteiger partial charge in [0.15, 0.2) is 0 Å². The van der Waals surface area contributed by atoms with Crippen LogP contribution in [-0.2, 0) is 6.54 Å². The molecule has 21 heavy (non-hydrogen) atoms. The van der Waals surface area contributed by atoms with Crippen LogP contribution >= 0.6 is 0 Å². The number of hydrogen-bond donors (Lipinski definition) is 1. The molecule has 0 unspecified atom stereocenters. The molecule has 0 aliphatic heterocycles. The average molecular weight is 291 g/mol. The Morgan fingerprint density at radius 3 is 2.10 bits per heavy atom. The highest BCUT2D eigenvalue weighted by Gasteiger charge is 2.08. The lowest BCUT2D eigenvalue weighted by molar-refractivity contribution is 0.393. The lowest BCUT2D eigenvalue weighted by Crippen LogP contribution is -2.32. The van der Waals surface area contributed by atoms with E-state index in [2.05, 4.69) is 28.2 Å². The van der Waals surface area contributed by atoms with Gasteiger partial charge in [0, 0.05) is 18.8 Å². The first kappa shape index (κ1) is 16.5.